The van der Waals surface area contributed by atoms with Crippen LogP contribution in [0.2, 0.25) is 0 Å². The van der Waals surface area contributed by atoms with Crippen molar-refractivity contribution in [2.24, 2.45) is 0 Å². The van der Waals surface area contributed by atoms with E-state index in [9.17, 15) is 15.2 Å². The van der Waals surface area contributed by atoms with E-state index < -0.39 is 0 Å². The first-order valence-electron chi connectivity index (χ1n) is 6.11. The van der Waals surface area contributed by atoms with Gasteiger partial charge in [0.25, 0.3) is 5.69 Å². The van der Waals surface area contributed by atoms with Crippen molar-refractivity contribution in [1.82, 2.24) is 4.98 Å². The fraction of sp³-hybridized carbons (Fsp3) is 0.308. The fourth-order valence-corrected chi connectivity index (χ4v) is 2.55. The van der Waals surface area contributed by atoms with Gasteiger partial charge in [0.05, 0.1) is 16.4 Å². The first kappa shape index (κ1) is 11.9. The molecule has 1 aliphatic rings. The number of aliphatic hydroxyl groups excluding tert-OH is 1. The van der Waals surface area contributed by atoms with Crippen LogP contribution in [0.4, 0.5) is 11.4 Å². The molecule has 1 N–H and O–H groups in total. The van der Waals surface area contributed by atoms with E-state index in [0.717, 1.165) is 24.0 Å². The summed E-state index contributed by atoms with van der Waals surface area (Å²) in [7, 11) is 0. The molecule has 1 atom stereocenters. The molecule has 3 rings (SSSR count). The predicted molar refractivity (Wildman–Crippen MR) is 71.2 cm³/mol. The van der Waals surface area contributed by atoms with Crippen molar-refractivity contribution in [2.45, 2.75) is 12.5 Å². The van der Waals surface area contributed by atoms with Gasteiger partial charge in [0.1, 0.15) is 0 Å². The number of fused-ring (bicyclic) bond motifs is 1. The highest BCUT2D eigenvalue weighted by Crippen LogP contribution is 2.34. The number of β-amino-alcohol motifs (C(OH)–C–C–N with tert-alkyl or cyclic N) is 1. The van der Waals surface area contributed by atoms with Crippen molar-refractivity contribution in [3.05, 3.63) is 40.7 Å². The Bertz CT molecular complexity index is 644. The number of hydrogen-bond acceptors (Lipinski definition) is 5. The van der Waals surface area contributed by atoms with E-state index in [4.69, 9.17) is 0 Å². The molecular weight excluding hydrogens is 246 g/mol. The van der Waals surface area contributed by atoms with Crippen LogP contribution < -0.4 is 4.90 Å². The van der Waals surface area contributed by atoms with Crippen molar-refractivity contribution >= 4 is 22.1 Å². The minimum atomic E-state index is -0.384. The molecule has 0 spiro atoms. The summed E-state index contributed by atoms with van der Waals surface area (Å²) in [5, 5.41) is 22.0. The molecule has 6 heteroatoms. The number of benzene rings is 1. The third kappa shape index (κ3) is 2.00. The molecule has 1 unspecified atom stereocenters. The van der Waals surface area contributed by atoms with Gasteiger partial charge in [0.2, 0.25) is 0 Å². The van der Waals surface area contributed by atoms with Crippen molar-refractivity contribution in [3.63, 3.8) is 0 Å². The number of aliphatic hydroxyl groups is 1. The zero-order chi connectivity index (χ0) is 13.4. The number of aromatic nitrogens is 1. The smallest absolute Gasteiger partial charge is 0.277 e. The van der Waals surface area contributed by atoms with E-state index in [2.05, 4.69) is 4.98 Å². The molecule has 2 heterocycles. The van der Waals surface area contributed by atoms with Crippen LogP contribution in [0.25, 0.3) is 10.8 Å². The monoisotopic (exact) mass is 259 g/mol. The Labute approximate surface area is 109 Å². The molecule has 0 bridgehead atoms. The standard InChI is InChI=1S/C13H13N3O3/c17-9-4-6-15(8-9)12-1-2-13(16(18)19)10-3-5-14-7-11(10)12/h1-3,5,7,9,17H,4,6,8H2. The minimum Gasteiger partial charge on any atom is -0.391 e. The molecular formula is C13H13N3O3. The summed E-state index contributed by atoms with van der Waals surface area (Å²) in [4.78, 5) is 16.7. The normalized spacial score (nSPS) is 19.0. The molecule has 0 aliphatic carbocycles. The first-order chi connectivity index (χ1) is 9.16. The van der Waals surface area contributed by atoms with Crippen LogP contribution in [0, 0.1) is 10.1 Å². The number of hydrogen-bond donors (Lipinski definition) is 1. The molecule has 1 saturated heterocycles. The number of rotatable bonds is 2. The molecule has 98 valence electrons. The molecule has 0 amide bonds. The Balaban J connectivity index is 2.17. The highest BCUT2D eigenvalue weighted by Gasteiger charge is 2.23. The second kappa shape index (κ2) is 4.47. The Morgan fingerprint density at radius 1 is 1.37 bits per heavy atom. The number of anilines is 1. The Hall–Kier alpha value is -2.21. The average molecular weight is 259 g/mol. The van der Waals surface area contributed by atoms with Crippen molar-refractivity contribution in [3.8, 4) is 0 Å². The molecule has 0 saturated carbocycles. The maximum Gasteiger partial charge on any atom is 0.277 e. The highest BCUT2D eigenvalue weighted by molar-refractivity contribution is 5.99. The first-order valence-corrected chi connectivity index (χ1v) is 6.11. The summed E-state index contributed by atoms with van der Waals surface area (Å²) in [6.07, 6.45) is 3.58. The topological polar surface area (TPSA) is 79.5 Å². The third-order valence-electron chi connectivity index (χ3n) is 3.47. The lowest BCUT2D eigenvalue weighted by Gasteiger charge is -2.19. The van der Waals surface area contributed by atoms with E-state index >= 15 is 0 Å². The predicted octanol–water partition coefficient (Wildman–Crippen LogP) is 1.71. The van der Waals surface area contributed by atoms with Crippen molar-refractivity contribution in [1.29, 1.82) is 0 Å². The SMILES string of the molecule is O=[N+]([O-])c1ccc(N2CCC(O)C2)c2cnccc12. The largest absolute Gasteiger partial charge is 0.391 e. The lowest BCUT2D eigenvalue weighted by atomic mass is 10.1. The molecule has 1 aliphatic heterocycles. The maximum absolute atomic E-state index is 11.0. The molecule has 1 aromatic heterocycles. The van der Waals surface area contributed by atoms with Gasteiger partial charge in [-0.15, -0.1) is 0 Å². The quantitative estimate of drug-likeness (QED) is 0.656. The van der Waals surface area contributed by atoms with Gasteiger partial charge in [-0.1, -0.05) is 0 Å². The summed E-state index contributed by atoms with van der Waals surface area (Å²) in [6, 6.07) is 4.91. The Morgan fingerprint density at radius 2 is 2.21 bits per heavy atom. The molecule has 0 radical (unpaired) electrons. The highest BCUT2D eigenvalue weighted by atomic mass is 16.6. The second-order valence-electron chi connectivity index (χ2n) is 4.67. The maximum atomic E-state index is 11.0. The van der Waals surface area contributed by atoms with Gasteiger partial charge in [0.15, 0.2) is 0 Å². The van der Waals surface area contributed by atoms with E-state index in [-0.39, 0.29) is 16.7 Å². The van der Waals surface area contributed by atoms with E-state index in [1.54, 1.807) is 24.5 Å². The van der Waals surface area contributed by atoms with Crippen LogP contribution in [0.15, 0.2) is 30.6 Å². The zero-order valence-corrected chi connectivity index (χ0v) is 10.2. The van der Waals surface area contributed by atoms with Crippen LogP contribution in [0.1, 0.15) is 6.42 Å². The van der Waals surface area contributed by atoms with Crippen molar-refractivity contribution < 1.29 is 10.0 Å². The summed E-state index contributed by atoms with van der Waals surface area (Å²) in [5.41, 5.74) is 0.978. The lowest BCUT2D eigenvalue weighted by Crippen LogP contribution is -2.21. The Morgan fingerprint density at radius 3 is 2.89 bits per heavy atom. The van der Waals surface area contributed by atoms with E-state index in [1.165, 1.54) is 6.07 Å². The van der Waals surface area contributed by atoms with Crippen molar-refractivity contribution in [2.75, 3.05) is 18.0 Å². The van der Waals surface area contributed by atoms with Crippen LogP contribution in [-0.4, -0.2) is 34.2 Å². The van der Waals surface area contributed by atoms with Crippen LogP contribution in [-0.2, 0) is 0 Å². The Kier molecular flexibility index (Phi) is 2.79. The summed E-state index contributed by atoms with van der Waals surface area (Å²) in [6.45, 7) is 1.31. The van der Waals surface area contributed by atoms with Gasteiger partial charge in [-0.05, 0) is 18.6 Å². The molecule has 6 nitrogen and oxygen atoms in total. The fourth-order valence-electron chi connectivity index (χ4n) is 2.55. The lowest BCUT2D eigenvalue weighted by molar-refractivity contribution is -0.383. The van der Waals surface area contributed by atoms with Gasteiger partial charge in [-0.2, -0.15) is 0 Å². The second-order valence-corrected chi connectivity index (χ2v) is 4.67. The number of nitrogens with zero attached hydrogens (tertiary/aromatic N) is 3. The van der Waals surface area contributed by atoms with Gasteiger partial charge in [-0.3, -0.25) is 15.1 Å². The minimum absolute atomic E-state index is 0.0842. The summed E-state index contributed by atoms with van der Waals surface area (Å²) >= 11 is 0. The average Bonchev–Trinajstić information content (AvgIpc) is 2.83. The summed E-state index contributed by atoms with van der Waals surface area (Å²) < 4.78 is 0. The van der Waals surface area contributed by atoms with Gasteiger partial charge in [0, 0.05) is 42.6 Å². The van der Waals surface area contributed by atoms with Crippen LogP contribution >= 0.6 is 0 Å². The van der Waals surface area contributed by atoms with Gasteiger partial charge < -0.3 is 10.0 Å². The van der Waals surface area contributed by atoms with E-state index in [0.29, 0.717) is 11.9 Å². The van der Waals surface area contributed by atoms with Gasteiger partial charge in [-0.25, -0.2) is 0 Å². The molecule has 1 fully saturated rings. The zero-order valence-electron chi connectivity index (χ0n) is 10.2. The van der Waals surface area contributed by atoms with Crippen LogP contribution in [0.3, 0.4) is 0 Å². The number of nitro groups is 1. The van der Waals surface area contributed by atoms with Gasteiger partial charge >= 0.3 is 0 Å². The number of non-ortho nitro benzene ring substituents is 1. The molecule has 1 aromatic carbocycles. The third-order valence-corrected chi connectivity index (χ3v) is 3.47. The number of nitro benzene ring substituents is 1. The number of pyridine rings is 1. The summed E-state index contributed by atoms with van der Waals surface area (Å²) in [5.74, 6) is 0. The van der Waals surface area contributed by atoms with Crippen LogP contribution in [0.5, 0.6) is 0 Å². The van der Waals surface area contributed by atoms with E-state index in [1.807, 2.05) is 4.90 Å². The molecule has 2 aromatic rings. The molecule has 19 heavy (non-hydrogen) atoms.